The first-order valence-electron chi connectivity index (χ1n) is 8.97. The largest absolute Gasteiger partial charge is 0.486 e. The molecule has 4 rings (SSSR count). The first kappa shape index (κ1) is 19.6. The molecule has 0 saturated heterocycles. The van der Waals surface area contributed by atoms with E-state index in [-0.39, 0.29) is 17.1 Å². The predicted molar refractivity (Wildman–Crippen MR) is 110 cm³/mol. The lowest BCUT2D eigenvalue weighted by atomic mass is 9.93. The molecule has 0 aliphatic carbocycles. The van der Waals surface area contributed by atoms with Gasteiger partial charge in [0.05, 0.1) is 17.1 Å². The number of thiazole rings is 1. The molecule has 0 spiro atoms. The molecule has 152 valence electrons. The number of anilines is 1. The molecule has 3 heterocycles. The van der Waals surface area contributed by atoms with E-state index in [4.69, 9.17) is 9.47 Å². The molecule has 0 radical (unpaired) electrons. The molecule has 0 atom stereocenters. The number of nitrogens with one attached hydrogen (secondary N) is 1. The van der Waals surface area contributed by atoms with Crippen molar-refractivity contribution in [1.29, 1.82) is 0 Å². The molecule has 1 aromatic carbocycles. The van der Waals surface area contributed by atoms with Gasteiger partial charge >= 0.3 is 0 Å². The first-order chi connectivity index (χ1) is 13.9. The van der Waals surface area contributed by atoms with Gasteiger partial charge in [0.2, 0.25) is 11.1 Å². The number of carbonyl (C=O) groups is 1. The summed E-state index contributed by atoms with van der Waals surface area (Å²) in [7, 11) is 0. The molecule has 11 heteroatoms. The third kappa shape index (κ3) is 4.51. The summed E-state index contributed by atoms with van der Waals surface area (Å²) in [6, 6.07) is 5.48. The molecule has 0 fully saturated rings. The minimum atomic E-state index is -0.165. The zero-order chi connectivity index (χ0) is 20.4. The first-order valence-corrected chi connectivity index (χ1v) is 10.8. The van der Waals surface area contributed by atoms with Crippen LogP contribution in [0.3, 0.4) is 0 Å². The van der Waals surface area contributed by atoms with Crippen molar-refractivity contribution in [3.05, 3.63) is 29.3 Å². The molecule has 2 aromatic heterocycles. The molecule has 29 heavy (non-hydrogen) atoms. The predicted octanol–water partition coefficient (Wildman–Crippen LogP) is 2.92. The van der Waals surface area contributed by atoms with Crippen LogP contribution in [0.1, 0.15) is 26.5 Å². The van der Waals surface area contributed by atoms with Crippen LogP contribution in [0.5, 0.6) is 11.5 Å². The van der Waals surface area contributed by atoms with Gasteiger partial charge in [-0.25, -0.2) is 4.98 Å². The van der Waals surface area contributed by atoms with Crippen LogP contribution in [0.4, 0.5) is 5.13 Å². The van der Waals surface area contributed by atoms with Crippen LogP contribution < -0.4 is 14.8 Å². The van der Waals surface area contributed by atoms with E-state index in [0.29, 0.717) is 35.0 Å². The van der Waals surface area contributed by atoms with E-state index in [2.05, 4.69) is 46.6 Å². The van der Waals surface area contributed by atoms with Crippen molar-refractivity contribution >= 4 is 34.1 Å². The Balaban J connectivity index is 1.40. The number of amides is 1. The molecule has 3 aromatic rings. The Labute approximate surface area is 175 Å². The summed E-state index contributed by atoms with van der Waals surface area (Å²) >= 11 is 2.66. The van der Waals surface area contributed by atoms with Crippen LogP contribution in [0.2, 0.25) is 0 Å². The van der Waals surface area contributed by atoms with Crippen LogP contribution in [-0.2, 0) is 10.2 Å². The van der Waals surface area contributed by atoms with Gasteiger partial charge in [0.25, 0.3) is 0 Å². The van der Waals surface area contributed by atoms with Gasteiger partial charge < -0.3 is 14.8 Å². The van der Waals surface area contributed by atoms with E-state index < -0.39 is 0 Å². The maximum atomic E-state index is 12.3. The number of thioether (sulfide) groups is 1. The lowest BCUT2D eigenvalue weighted by Crippen LogP contribution is -2.16. The van der Waals surface area contributed by atoms with Gasteiger partial charge in [0.1, 0.15) is 13.2 Å². The zero-order valence-electron chi connectivity index (χ0n) is 16.2. The summed E-state index contributed by atoms with van der Waals surface area (Å²) in [4.78, 5) is 16.8. The Morgan fingerprint density at radius 3 is 2.83 bits per heavy atom. The topological polar surface area (TPSA) is 104 Å². The quantitative estimate of drug-likeness (QED) is 0.614. The summed E-state index contributed by atoms with van der Waals surface area (Å²) in [6.45, 7) is 7.29. The highest BCUT2D eigenvalue weighted by molar-refractivity contribution is 7.99. The Bertz CT molecular complexity index is 1030. The average molecular weight is 433 g/mol. The van der Waals surface area contributed by atoms with Crippen molar-refractivity contribution in [2.45, 2.75) is 31.3 Å². The van der Waals surface area contributed by atoms with E-state index in [1.165, 1.54) is 23.1 Å². The van der Waals surface area contributed by atoms with Gasteiger partial charge in [-0.2, -0.15) is 4.68 Å². The Kier molecular flexibility index (Phi) is 5.41. The van der Waals surface area contributed by atoms with Gasteiger partial charge in [-0.1, -0.05) is 32.5 Å². The van der Waals surface area contributed by atoms with E-state index in [0.717, 1.165) is 11.4 Å². The molecule has 1 aliphatic heterocycles. The lowest BCUT2D eigenvalue weighted by molar-refractivity contribution is -0.113. The second kappa shape index (κ2) is 7.99. The van der Waals surface area contributed by atoms with E-state index in [1.807, 2.05) is 23.6 Å². The van der Waals surface area contributed by atoms with Crippen molar-refractivity contribution in [2.75, 3.05) is 24.3 Å². The highest BCUT2D eigenvalue weighted by Crippen LogP contribution is 2.32. The Hall–Kier alpha value is -2.66. The highest BCUT2D eigenvalue weighted by Gasteiger charge is 2.19. The summed E-state index contributed by atoms with van der Waals surface area (Å²) in [6.07, 6.45) is 0. The number of aromatic nitrogens is 5. The number of hydrogen-bond acceptors (Lipinski definition) is 9. The number of hydrogen-bond donors (Lipinski definition) is 1. The number of benzene rings is 1. The number of carbonyl (C=O) groups excluding carboxylic acids is 1. The van der Waals surface area contributed by atoms with Crippen LogP contribution in [0.15, 0.2) is 28.7 Å². The number of nitrogens with zero attached hydrogens (tertiary/aromatic N) is 5. The highest BCUT2D eigenvalue weighted by atomic mass is 32.2. The molecular formula is C18H20N6O3S2. The standard InChI is InChI=1S/C18H20N6O3S2/c1-18(2,3)14-9-28-16(19-14)20-15(25)10-29-17-21-22-23-24(17)11-4-5-12-13(8-11)27-7-6-26-12/h4-5,8-9H,6-7,10H2,1-3H3,(H,19,20,25). The third-order valence-electron chi connectivity index (χ3n) is 4.06. The molecule has 1 N–H and O–H groups in total. The van der Waals surface area contributed by atoms with E-state index in [1.54, 1.807) is 4.68 Å². The molecule has 9 nitrogen and oxygen atoms in total. The maximum absolute atomic E-state index is 12.3. The molecule has 0 unspecified atom stereocenters. The Morgan fingerprint density at radius 2 is 2.07 bits per heavy atom. The van der Waals surface area contributed by atoms with Gasteiger partial charge in [-0.05, 0) is 22.6 Å². The fraction of sp³-hybridized carbons (Fsp3) is 0.389. The number of fused-ring (bicyclic) bond motifs is 1. The van der Waals surface area contributed by atoms with Crippen molar-refractivity contribution in [3.8, 4) is 17.2 Å². The summed E-state index contributed by atoms with van der Waals surface area (Å²) in [5, 5.41) is 17.7. The minimum Gasteiger partial charge on any atom is -0.486 e. The van der Waals surface area contributed by atoms with Crippen LogP contribution in [-0.4, -0.2) is 50.1 Å². The number of rotatable bonds is 5. The van der Waals surface area contributed by atoms with E-state index in [9.17, 15) is 4.79 Å². The number of tetrazole rings is 1. The molecule has 0 saturated carbocycles. The average Bonchev–Trinajstić information content (AvgIpc) is 3.35. The molecule has 0 bridgehead atoms. The second-order valence-electron chi connectivity index (χ2n) is 7.33. The van der Waals surface area contributed by atoms with Crippen LogP contribution >= 0.6 is 23.1 Å². The molecular weight excluding hydrogens is 412 g/mol. The lowest BCUT2D eigenvalue weighted by Gasteiger charge is -2.18. The zero-order valence-corrected chi connectivity index (χ0v) is 17.8. The van der Waals surface area contributed by atoms with Gasteiger partial charge in [-0.15, -0.1) is 16.4 Å². The van der Waals surface area contributed by atoms with Crippen molar-refractivity contribution in [2.24, 2.45) is 0 Å². The third-order valence-corrected chi connectivity index (χ3v) is 5.74. The van der Waals surface area contributed by atoms with Crippen molar-refractivity contribution < 1.29 is 14.3 Å². The smallest absolute Gasteiger partial charge is 0.236 e. The number of ether oxygens (including phenoxy) is 2. The summed E-state index contributed by atoms with van der Waals surface area (Å²) < 4.78 is 12.7. The van der Waals surface area contributed by atoms with Gasteiger partial charge in [0, 0.05) is 16.9 Å². The van der Waals surface area contributed by atoms with Crippen LogP contribution in [0.25, 0.3) is 5.69 Å². The summed E-state index contributed by atoms with van der Waals surface area (Å²) in [5.74, 6) is 1.34. The second-order valence-corrected chi connectivity index (χ2v) is 9.13. The fourth-order valence-electron chi connectivity index (χ4n) is 2.56. The van der Waals surface area contributed by atoms with Crippen LogP contribution in [0, 0.1) is 0 Å². The molecule has 1 amide bonds. The Morgan fingerprint density at radius 1 is 1.28 bits per heavy atom. The SMILES string of the molecule is CC(C)(C)c1csc(NC(=O)CSc2nnnn2-c2ccc3c(c2)OCCO3)n1. The fourth-order valence-corrected chi connectivity index (χ4v) is 4.20. The normalized spacial score (nSPS) is 13.3. The van der Waals surface area contributed by atoms with Crippen molar-refractivity contribution in [3.63, 3.8) is 0 Å². The minimum absolute atomic E-state index is 0.0556. The van der Waals surface area contributed by atoms with E-state index >= 15 is 0 Å². The maximum Gasteiger partial charge on any atom is 0.236 e. The summed E-state index contributed by atoms with van der Waals surface area (Å²) in [5.41, 5.74) is 1.63. The van der Waals surface area contributed by atoms with Crippen molar-refractivity contribution in [1.82, 2.24) is 25.2 Å². The van der Waals surface area contributed by atoms with Gasteiger partial charge in [-0.3, -0.25) is 4.79 Å². The van der Waals surface area contributed by atoms with Gasteiger partial charge in [0.15, 0.2) is 16.6 Å². The molecule has 1 aliphatic rings. The monoisotopic (exact) mass is 432 g/mol.